The van der Waals surface area contributed by atoms with E-state index < -0.39 is 0 Å². The lowest BCUT2D eigenvalue weighted by molar-refractivity contribution is 0.0406. The van der Waals surface area contributed by atoms with Crippen LogP contribution in [0.15, 0.2) is 51.9 Å². The van der Waals surface area contributed by atoms with Gasteiger partial charge in [0.1, 0.15) is 24.3 Å². The first kappa shape index (κ1) is 19.0. The molecule has 5 rings (SSSR count). The molecule has 1 aliphatic heterocycles. The summed E-state index contributed by atoms with van der Waals surface area (Å²) in [6, 6.07) is 11.4. The van der Waals surface area contributed by atoms with Crippen molar-refractivity contribution in [3.05, 3.63) is 58.4 Å². The molecule has 0 radical (unpaired) electrons. The molecule has 1 fully saturated rings. The highest BCUT2D eigenvalue weighted by atomic mass is 16.5. The minimum atomic E-state index is -0.209. The highest BCUT2D eigenvalue weighted by Crippen LogP contribution is 2.36. The predicted molar refractivity (Wildman–Crippen MR) is 113 cm³/mol. The summed E-state index contributed by atoms with van der Waals surface area (Å²) in [4.78, 5) is 15.5. The molecule has 0 atom stereocenters. The van der Waals surface area contributed by atoms with Gasteiger partial charge in [-0.05, 0) is 37.1 Å². The summed E-state index contributed by atoms with van der Waals surface area (Å²) in [5.41, 5.74) is 1.30. The quantitative estimate of drug-likeness (QED) is 0.601. The monoisotopic (exact) mass is 407 g/mol. The van der Waals surface area contributed by atoms with E-state index >= 15 is 0 Å². The van der Waals surface area contributed by atoms with Crippen LogP contribution >= 0.6 is 0 Å². The van der Waals surface area contributed by atoms with Gasteiger partial charge in [-0.2, -0.15) is 0 Å². The maximum Gasteiger partial charge on any atom is 0.235 e. The Kier molecular flexibility index (Phi) is 5.09. The van der Waals surface area contributed by atoms with Crippen molar-refractivity contribution in [2.45, 2.75) is 44.7 Å². The minimum Gasteiger partial charge on any atom is -0.493 e. The van der Waals surface area contributed by atoms with Crippen LogP contribution in [0, 0.1) is 0 Å². The van der Waals surface area contributed by atoms with Gasteiger partial charge in [-0.1, -0.05) is 31.4 Å². The maximum absolute atomic E-state index is 13.1. The third-order valence-electron chi connectivity index (χ3n) is 6.10. The van der Waals surface area contributed by atoms with Gasteiger partial charge in [-0.25, -0.2) is 0 Å². The van der Waals surface area contributed by atoms with Crippen molar-refractivity contribution in [1.82, 2.24) is 4.90 Å². The van der Waals surface area contributed by atoms with Crippen molar-refractivity contribution in [2.75, 3.05) is 13.8 Å². The van der Waals surface area contributed by atoms with Gasteiger partial charge < -0.3 is 18.6 Å². The summed E-state index contributed by atoms with van der Waals surface area (Å²) < 4.78 is 23.1. The fraction of sp³-hybridized carbons (Fsp3) is 0.375. The van der Waals surface area contributed by atoms with Gasteiger partial charge in [0.2, 0.25) is 11.2 Å². The number of benzene rings is 2. The normalized spacial score (nSPS) is 17.4. The van der Waals surface area contributed by atoms with Crippen LogP contribution in [0.5, 0.6) is 23.0 Å². The van der Waals surface area contributed by atoms with Gasteiger partial charge in [0.05, 0.1) is 18.1 Å². The fourth-order valence-corrected chi connectivity index (χ4v) is 4.48. The Morgan fingerprint density at radius 2 is 1.80 bits per heavy atom. The largest absolute Gasteiger partial charge is 0.493 e. The van der Waals surface area contributed by atoms with Gasteiger partial charge in [0, 0.05) is 12.6 Å². The molecule has 2 aliphatic rings. The molecular formula is C24H25NO5. The van der Waals surface area contributed by atoms with Crippen LogP contribution in [0.4, 0.5) is 0 Å². The number of hydrogen-bond donors (Lipinski definition) is 0. The Balaban J connectivity index is 1.49. The summed E-state index contributed by atoms with van der Waals surface area (Å²) in [7, 11) is 1.56. The maximum atomic E-state index is 13.1. The zero-order chi connectivity index (χ0) is 20.5. The zero-order valence-corrected chi connectivity index (χ0v) is 17.1. The first-order valence-electron chi connectivity index (χ1n) is 10.5. The molecule has 1 saturated carbocycles. The van der Waals surface area contributed by atoms with Crippen LogP contribution < -0.4 is 19.6 Å². The molecule has 3 aromatic rings. The van der Waals surface area contributed by atoms with Crippen LogP contribution in [0.25, 0.3) is 11.0 Å². The van der Waals surface area contributed by atoms with Crippen molar-refractivity contribution in [1.29, 1.82) is 0 Å². The molecule has 2 heterocycles. The molecular weight excluding hydrogens is 382 g/mol. The Morgan fingerprint density at radius 1 is 1.00 bits per heavy atom. The Hall–Kier alpha value is -2.99. The number of nitrogens with zero attached hydrogens (tertiary/aromatic N) is 1. The van der Waals surface area contributed by atoms with Crippen LogP contribution in [0.1, 0.15) is 37.7 Å². The van der Waals surface area contributed by atoms with E-state index in [0.29, 0.717) is 35.2 Å². The summed E-state index contributed by atoms with van der Waals surface area (Å²) in [5, 5.41) is 0.496. The first-order chi connectivity index (χ1) is 14.7. The molecule has 2 aromatic carbocycles. The first-order valence-corrected chi connectivity index (χ1v) is 10.5. The molecule has 0 unspecified atom stereocenters. The van der Waals surface area contributed by atoms with Crippen molar-refractivity contribution < 1.29 is 18.6 Å². The Morgan fingerprint density at radius 3 is 2.60 bits per heavy atom. The van der Waals surface area contributed by atoms with Crippen LogP contribution in [0.3, 0.4) is 0 Å². The lowest BCUT2D eigenvalue weighted by Crippen LogP contribution is -2.41. The predicted octanol–water partition coefficient (Wildman–Crippen LogP) is 5.08. The van der Waals surface area contributed by atoms with Crippen LogP contribution in [-0.2, 0) is 6.54 Å². The topological polar surface area (TPSA) is 61.1 Å². The number of para-hydroxylation sites is 2. The molecule has 156 valence electrons. The van der Waals surface area contributed by atoms with Crippen LogP contribution in [0.2, 0.25) is 0 Å². The number of methoxy groups -OCH3 is 1. The number of ether oxygens (including phenoxy) is 3. The fourth-order valence-electron chi connectivity index (χ4n) is 4.48. The molecule has 1 aromatic heterocycles. The molecule has 0 N–H and O–H groups in total. The van der Waals surface area contributed by atoms with E-state index in [1.807, 2.05) is 18.2 Å². The van der Waals surface area contributed by atoms with E-state index in [-0.39, 0.29) is 11.2 Å². The van der Waals surface area contributed by atoms with E-state index in [1.54, 1.807) is 25.3 Å². The highest BCUT2D eigenvalue weighted by Gasteiger charge is 2.28. The average Bonchev–Trinajstić information content (AvgIpc) is 2.81. The Labute approximate surface area is 175 Å². The van der Waals surface area contributed by atoms with Gasteiger partial charge in [-0.15, -0.1) is 0 Å². The van der Waals surface area contributed by atoms with Gasteiger partial charge in [-0.3, -0.25) is 9.69 Å². The third-order valence-corrected chi connectivity index (χ3v) is 6.10. The smallest absolute Gasteiger partial charge is 0.235 e. The van der Waals surface area contributed by atoms with Crippen LogP contribution in [-0.4, -0.2) is 24.8 Å². The molecule has 0 spiro atoms. The van der Waals surface area contributed by atoms with Gasteiger partial charge in [0.15, 0.2) is 11.5 Å². The molecule has 6 nitrogen and oxygen atoms in total. The molecule has 0 saturated heterocycles. The lowest BCUT2D eigenvalue weighted by Gasteiger charge is -2.37. The van der Waals surface area contributed by atoms with Crippen molar-refractivity contribution in [3.8, 4) is 23.0 Å². The zero-order valence-electron chi connectivity index (χ0n) is 17.1. The molecule has 0 bridgehead atoms. The lowest BCUT2D eigenvalue weighted by atomic mass is 9.93. The molecule has 30 heavy (non-hydrogen) atoms. The van der Waals surface area contributed by atoms with Gasteiger partial charge in [0.25, 0.3) is 0 Å². The van der Waals surface area contributed by atoms with E-state index in [2.05, 4.69) is 4.90 Å². The number of rotatable bonds is 4. The summed E-state index contributed by atoms with van der Waals surface area (Å²) in [6.07, 6.45) is 7.63. The summed E-state index contributed by atoms with van der Waals surface area (Å²) in [5.74, 6) is 1.94. The average molecular weight is 407 g/mol. The number of fused-ring (bicyclic) bond motifs is 3. The minimum absolute atomic E-state index is 0.132. The van der Waals surface area contributed by atoms with E-state index in [0.717, 1.165) is 17.9 Å². The van der Waals surface area contributed by atoms with E-state index in [1.165, 1.54) is 38.4 Å². The third kappa shape index (κ3) is 3.41. The van der Waals surface area contributed by atoms with Crippen molar-refractivity contribution in [3.63, 3.8) is 0 Å². The van der Waals surface area contributed by atoms with Crippen molar-refractivity contribution >= 4 is 11.0 Å². The summed E-state index contributed by atoms with van der Waals surface area (Å²) >= 11 is 0. The molecule has 1 aliphatic carbocycles. The summed E-state index contributed by atoms with van der Waals surface area (Å²) in [6.45, 7) is 1.31. The SMILES string of the molecule is COc1ccccc1Oc1coc2c3c(ccc2c1=O)OCN(C1CCCCC1)C3. The standard InChI is InChI=1S/C24H25NO5/c1-27-20-9-5-6-10-21(20)30-22-14-28-24-17(23(22)26)11-12-19-18(24)13-25(15-29-19)16-7-3-2-4-8-16/h5-6,9-12,14,16H,2-4,7-8,13,15H2,1H3. The molecule has 0 amide bonds. The van der Waals surface area contributed by atoms with E-state index in [9.17, 15) is 4.79 Å². The second kappa shape index (κ2) is 8.03. The second-order valence-electron chi connectivity index (χ2n) is 7.91. The number of hydrogen-bond acceptors (Lipinski definition) is 6. The van der Waals surface area contributed by atoms with Gasteiger partial charge >= 0.3 is 0 Å². The molecule has 6 heteroatoms. The van der Waals surface area contributed by atoms with Crippen molar-refractivity contribution in [2.24, 2.45) is 0 Å². The highest BCUT2D eigenvalue weighted by molar-refractivity contribution is 5.83. The second-order valence-corrected chi connectivity index (χ2v) is 7.91. The van der Waals surface area contributed by atoms with E-state index in [4.69, 9.17) is 18.6 Å². The Bertz CT molecular complexity index is 1120.